The number of piperidine rings is 1. The molecule has 2 rings (SSSR count). The van der Waals surface area contributed by atoms with Crippen LogP contribution in [0.15, 0.2) is 18.3 Å². The highest BCUT2D eigenvalue weighted by molar-refractivity contribution is 5.13. The van der Waals surface area contributed by atoms with E-state index in [0.717, 1.165) is 18.2 Å². The lowest BCUT2D eigenvalue weighted by Crippen LogP contribution is -2.37. The Morgan fingerprint density at radius 2 is 1.89 bits per heavy atom. The van der Waals surface area contributed by atoms with Gasteiger partial charge in [-0.3, -0.25) is 9.88 Å². The molecule has 0 spiro atoms. The molecule has 2 nitrogen and oxygen atoms in total. The molecule has 0 aliphatic carbocycles. The second-order valence-corrected chi connectivity index (χ2v) is 6.72. The highest BCUT2D eigenvalue weighted by Gasteiger charge is 2.28. The van der Waals surface area contributed by atoms with Crippen molar-refractivity contribution in [2.45, 2.75) is 47.1 Å². The Balaban J connectivity index is 1.85. The van der Waals surface area contributed by atoms with Crippen LogP contribution in [-0.4, -0.2) is 23.0 Å². The number of aromatic nitrogens is 1. The molecule has 0 amide bonds. The molecule has 0 bridgehead atoms. The maximum atomic E-state index is 4.37. The highest BCUT2D eigenvalue weighted by atomic mass is 15.1. The quantitative estimate of drug-likeness (QED) is 0.792. The van der Waals surface area contributed by atoms with E-state index in [1.54, 1.807) is 0 Å². The van der Waals surface area contributed by atoms with Crippen molar-refractivity contribution in [1.29, 1.82) is 0 Å². The predicted molar refractivity (Wildman–Crippen MR) is 76.4 cm³/mol. The molecule has 1 fully saturated rings. The molecule has 0 radical (unpaired) electrons. The highest BCUT2D eigenvalue weighted by Crippen LogP contribution is 2.34. The van der Waals surface area contributed by atoms with Crippen molar-refractivity contribution < 1.29 is 0 Å². The van der Waals surface area contributed by atoms with Crippen LogP contribution >= 0.6 is 0 Å². The summed E-state index contributed by atoms with van der Waals surface area (Å²) in [5, 5.41) is 0. The molecule has 2 heterocycles. The van der Waals surface area contributed by atoms with Gasteiger partial charge < -0.3 is 0 Å². The Hall–Kier alpha value is -0.890. The predicted octanol–water partition coefficient (Wildman–Crippen LogP) is 3.65. The summed E-state index contributed by atoms with van der Waals surface area (Å²) >= 11 is 0. The van der Waals surface area contributed by atoms with Crippen LogP contribution in [0.1, 0.15) is 44.9 Å². The van der Waals surface area contributed by atoms with Crippen molar-refractivity contribution in [3.05, 3.63) is 29.6 Å². The molecule has 1 saturated heterocycles. The van der Waals surface area contributed by atoms with Crippen LogP contribution < -0.4 is 0 Å². The molecule has 2 heteroatoms. The summed E-state index contributed by atoms with van der Waals surface area (Å²) in [6.45, 7) is 12.7. The third kappa shape index (κ3) is 3.55. The molecule has 100 valence electrons. The fraction of sp³-hybridized carbons (Fsp3) is 0.688. The maximum Gasteiger partial charge on any atom is 0.0372 e. The molecule has 1 aromatic heterocycles. The second-order valence-electron chi connectivity index (χ2n) is 6.72. The van der Waals surface area contributed by atoms with E-state index >= 15 is 0 Å². The van der Waals surface area contributed by atoms with E-state index < -0.39 is 0 Å². The summed E-state index contributed by atoms with van der Waals surface area (Å²) in [6.07, 6.45) is 4.69. The fourth-order valence-electron chi connectivity index (χ4n) is 2.81. The van der Waals surface area contributed by atoms with E-state index in [1.807, 2.05) is 13.1 Å². The zero-order valence-electron chi connectivity index (χ0n) is 12.2. The summed E-state index contributed by atoms with van der Waals surface area (Å²) in [5.41, 5.74) is 2.91. The maximum absolute atomic E-state index is 4.37. The summed E-state index contributed by atoms with van der Waals surface area (Å²) in [7, 11) is 0. The van der Waals surface area contributed by atoms with Crippen LogP contribution in [0.4, 0.5) is 0 Å². The lowest BCUT2D eigenvalue weighted by atomic mass is 9.75. The van der Waals surface area contributed by atoms with Gasteiger partial charge in [-0.25, -0.2) is 0 Å². The van der Waals surface area contributed by atoms with Gasteiger partial charge in [0.05, 0.1) is 0 Å². The Morgan fingerprint density at radius 3 is 2.39 bits per heavy atom. The molecule has 1 aromatic rings. The van der Waals surface area contributed by atoms with Gasteiger partial charge in [-0.05, 0) is 55.8 Å². The van der Waals surface area contributed by atoms with E-state index in [2.05, 4.69) is 42.8 Å². The van der Waals surface area contributed by atoms with Gasteiger partial charge in [-0.1, -0.05) is 26.8 Å². The van der Waals surface area contributed by atoms with Gasteiger partial charge >= 0.3 is 0 Å². The Bertz CT molecular complexity index is 367. The van der Waals surface area contributed by atoms with Crippen LogP contribution in [0.3, 0.4) is 0 Å². The zero-order valence-corrected chi connectivity index (χ0v) is 12.2. The zero-order chi connectivity index (χ0) is 13.2. The van der Waals surface area contributed by atoms with Gasteiger partial charge in [-0.2, -0.15) is 0 Å². The molecule has 0 atom stereocenters. The van der Waals surface area contributed by atoms with Gasteiger partial charge in [0, 0.05) is 18.4 Å². The third-order valence-corrected chi connectivity index (χ3v) is 4.19. The van der Waals surface area contributed by atoms with Crippen LogP contribution in [0.2, 0.25) is 0 Å². The van der Waals surface area contributed by atoms with E-state index in [4.69, 9.17) is 0 Å². The lowest BCUT2D eigenvalue weighted by Gasteiger charge is -2.38. The molecule has 0 aromatic carbocycles. The normalized spacial score (nSPS) is 19.1. The number of pyridine rings is 1. The molecule has 18 heavy (non-hydrogen) atoms. The molecular weight excluding hydrogens is 220 g/mol. The minimum atomic E-state index is 0.470. The summed E-state index contributed by atoms with van der Waals surface area (Å²) in [4.78, 5) is 6.94. The molecule has 0 N–H and O–H groups in total. The summed E-state index contributed by atoms with van der Waals surface area (Å²) < 4.78 is 0. The Morgan fingerprint density at radius 1 is 1.22 bits per heavy atom. The van der Waals surface area contributed by atoms with Crippen LogP contribution in [0.25, 0.3) is 0 Å². The minimum Gasteiger partial charge on any atom is -0.299 e. The van der Waals surface area contributed by atoms with Crippen LogP contribution in [0.5, 0.6) is 0 Å². The average molecular weight is 246 g/mol. The number of aryl methyl sites for hydroxylation is 1. The second kappa shape index (κ2) is 5.40. The largest absolute Gasteiger partial charge is 0.299 e. The molecule has 1 aliphatic rings. The van der Waals surface area contributed by atoms with Gasteiger partial charge in [0.15, 0.2) is 0 Å². The first-order valence-corrected chi connectivity index (χ1v) is 7.09. The SMILES string of the molecule is Cc1ccc(CN2CCC(C(C)(C)C)CC2)cn1. The number of rotatable bonds is 2. The van der Waals surface area contributed by atoms with E-state index in [9.17, 15) is 0 Å². The first-order chi connectivity index (χ1) is 8.45. The first-order valence-electron chi connectivity index (χ1n) is 7.09. The van der Waals surface area contributed by atoms with Crippen LogP contribution in [-0.2, 0) is 6.54 Å². The average Bonchev–Trinajstić information content (AvgIpc) is 2.32. The van der Waals surface area contributed by atoms with Crippen LogP contribution in [0, 0.1) is 18.3 Å². The standard InChI is InChI=1S/C16H26N2/c1-13-5-6-14(11-17-13)12-18-9-7-15(8-10-18)16(2,3)4/h5-6,11,15H,7-10,12H2,1-4H3. The first kappa shape index (κ1) is 13.5. The van der Waals surface area contributed by atoms with Gasteiger partial charge in [0.1, 0.15) is 0 Å². The summed E-state index contributed by atoms with van der Waals surface area (Å²) in [6, 6.07) is 4.31. The van der Waals surface area contributed by atoms with E-state index in [0.29, 0.717) is 5.41 Å². The monoisotopic (exact) mass is 246 g/mol. The van der Waals surface area contributed by atoms with Crippen molar-refractivity contribution in [3.8, 4) is 0 Å². The number of likely N-dealkylation sites (tertiary alicyclic amines) is 1. The van der Waals surface area contributed by atoms with Gasteiger partial charge in [-0.15, -0.1) is 0 Å². The fourth-order valence-corrected chi connectivity index (χ4v) is 2.81. The number of nitrogens with zero attached hydrogens (tertiary/aromatic N) is 2. The van der Waals surface area contributed by atoms with E-state index in [1.165, 1.54) is 31.5 Å². The summed E-state index contributed by atoms with van der Waals surface area (Å²) in [5.74, 6) is 0.880. The third-order valence-electron chi connectivity index (χ3n) is 4.19. The van der Waals surface area contributed by atoms with Crippen molar-refractivity contribution in [2.24, 2.45) is 11.3 Å². The molecule has 0 unspecified atom stereocenters. The van der Waals surface area contributed by atoms with Crippen molar-refractivity contribution in [2.75, 3.05) is 13.1 Å². The number of hydrogen-bond acceptors (Lipinski definition) is 2. The van der Waals surface area contributed by atoms with E-state index in [-0.39, 0.29) is 0 Å². The minimum absolute atomic E-state index is 0.470. The Kier molecular flexibility index (Phi) is 4.06. The smallest absolute Gasteiger partial charge is 0.0372 e. The van der Waals surface area contributed by atoms with Gasteiger partial charge in [0.2, 0.25) is 0 Å². The Labute approximate surface area is 111 Å². The van der Waals surface area contributed by atoms with Crippen molar-refractivity contribution >= 4 is 0 Å². The van der Waals surface area contributed by atoms with Crippen molar-refractivity contribution in [3.63, 3.8) is 0 Å². The topological polar surface area (TPSA) is 16.1 Å². The molecular formula is C16H26N2. The number of hydrogen-bond donors (Lipinski definition) is 0. The van der Waals surface area contributed by atoms with Crippen molar-refractivity contribution in [1.82, 2.24) is 9.88 Å². The molecule has 0 saturated carbocycles. The lowest BCUT2D eigenvalue weighted by molar-refractivity contribution is 0.108. The molecule has 1 aliphatic heterocycles. The van der Waals surface area contributed by atoms with Gasteiger partial charge in [0.25, 0.3) is 0 Å².